The van der Waals surface area contributed by atoms with Crippen LogP contribution in [0.15, 0.2) is 28.7 Å². The van der Waals surface area contributed by atoms with Crippen molar-refractivity contribution in [1.29, 1.82) is 0 Å². The highest BCUT2D eigenvalue weighted by Crippen LogP contribution is 2.18. The number of aryl methyl sites for hydroxylation is 1. The summed E-state index contributed by atoms with van der Waals surface area (Å²) in [5.41, 5.74) is 1.33. The Labute approximate surface area is 131 Å². The lowest BCUT2D eigenvalue weighted by molar-refractivity contribution is 0.232. The first kappa shape index (κ1) is 15.7. The lowest BCUT2D eigenvalue weighted by Gasteiger charge is -2.12. The van der Waals surface area contributed by atoms with E-state index in [-0.39, 0.29) is 11.9 Å². The summed E-state index contributed by atoms with van der Waals surface area (Å²) in [6, 6.07) is 6.58. The van der Waals surface area contributed by atoms with Crippen molar-refractivity contribution in [3.8, 4) is 5.88 Å². The number of rotatable bonds is 5. The molecule has 0 bridgehead atoms. The van der Waals surface area contributed by atoms with Gasteiger partial charge in [0.15, 0.2) is 0 Å². The monoisotopic (exact) mass is 353 g/mol. The van der Waals surface area contributed by atoms with Crippen molar-refractivity contribution < 1.29 is 9.13 Å². The van der Waals surface area contributed by atoms with Gasteiger partial charge in [-0.25, -0.2) is 9.37 Å². The molecule has 4 nitrogen and oxygen atoms in total. The van der Waals surface area contributed by atoms with Gasteiger partial charge in [0.2, 0.25) is 11.8 Å². The molecule has 0 spiro atoms. The van der Waals surface area contributed by atoms with E-state index in [1.54, 1.807) is 18.2 Å². The highest BCUT2D eigenvalue weighted by atomic mass is 79.9. The molecule has 0 radical (unpaired) electrons. The average Bonchev–Trinajstić information content (AvgIpc) is 2.38. The summed E-state index contributed by atoms with van der Waals surface area (Å²) in [7, 11) is 0. The second-order valence-electron chi connectivity index (χ2n) is 4.93. The Morgan fingerprint density at radius 1 is 1.29 bits per heavy atom. The Morgan fingerprint density at radius 2 is 2.05 bits per heavy atom. The summed E-state index contributed by atoms with van der Waals surface area (Å²) in [4.78, 5) is 8.53. The van der Waals surface area contributed by atoms with E-state index in [4.69, 9.17) is 4.74 Å². The van der Waals surface area contributed by atoms with Crippen LogP contribution >= 0.6 is 15.9 Å². The number of aromatic nitrogens is 2. The van der Waals surface area contributed by atoms with Crippen LogP contribution in [0, 0.1) is 12.7 Å². The lowest BCUT2D eigenvalue weighted by Crippen LogP contribution is -2.10. The molecule has 0 aliphatic heterocycles. The van der Waals surface area contributed by atoms with Gasteiger partial charge >= 0.3 is 0 Å². The van der Waals surface area contributed by atoms with Crippen LogP contribution < -0.4 is 10.1 Å². The first-order chi connectivity index (χ1) is 9.94. The molecule has 1 N–H and O–H groups in total. The van der Waals surface area contributed by atoms with Crippen molar-refractivity contribution in [2.24, 2.45) is 0 Å². The fourth-order valence-corrected chi connectivity index (χ4v) is 2.18. The van der Waals surface area contributed by atoms with Crippen LogP contribution in [0.5, 0.6) is 5.88 Å². The molecule has 1 aromatic heterocycles. The van der Waals surface area contributed by atoms with Gasteiger partial charge in [0.25, 0.3) is 0 Å². The van der Waals surface area contributed by atoms with Gasteiger partial charge in [0, 0.05) is 28.3 Å². The predicted molar refractivity (Wildman–Crippen MR) is 84.0 cm³/mol. The van der Waals surface area contributed by atoms with Crippen LogP contribution in [0.1, 0.15) is 25.1 Å². The number of ether oxygens (including phenoxy) is 1. The maximum absolute atomic E-state index is 13.7. The SMILES string of the molecule is Cc1cc(OC(C)C)nc(NCc2cc(Br)ccc2F)n1. The molecule has 0 aliphatic rings. The number of anilines is 1. The molecule has 21 heavy (non-hydrogen) atoms. The third-order valence-electron chi connectivity index (χ3n) is 2.63. The number of nitrogens with zero attached hydrogens (tertiary/aromatic N) is 2. The second kappa shape index (κ2) is 6.85. The Balaban J connectivity index is 2.12. The van der Waals surface area contributed by atoms with E-state index < -0.39 is 0 Å². The molecule has 6 heteroatoms. The van der Waals surface area contributed by atoms with E-state index in [2.05, 4.69) is 31.2 Å². The zero-order chi connectivity index (χ0) is 15.4. The molecule has 0 fully saturated rings. The molecule has 1 aromatic carbocycles. The van der Waals surface area contributed by atoms with Crippen molar-refractivity contribution in [3.63, 3.8) is 0 Å². The topological polar surface area (TPSA) is 47.0 Å². The first-order valence-corrected chi connectivity index (χ1v) is 7.43. The third kappa shape index (κ3) is 4.67. The van der Waals surface area contributed by atoms with Crippen LogP contribution in [-0.4, -0.2) is 16.1 Å². The second-order valence-corrected chi connectivity index (χ2v) is 5.84. The Bertz CT molecular complexity index is 634. The van der Waals surface area contributed by atoms with Crippen molar-refractivity contribution in [3.05, 3.63) is 45.8 Å². The van der Waals surface area contributed by atoms with E-state index in [1.807, 2.05) is 20.8 Å². The predicted octanol–water partition coefficient (Wildman–Crippen LogP) is 4.09. The summed E-state index contributed by atoms with van der Waals surface area (Å²) in [6.07, 6.45) is 0.0367. The normalized spacial score (nSPS) is 10.8. The third-order valence-corrected chi connectivity index (χ3v) is 3.13. The molecule has 0 unspecified atom stereocenters. The van der Waals surface area contributed by atoms with Crippen LogP contribution in [-0.2, 0) is 6.54 Å². The van der Waals surface area contributed by atoms with Crippen molar-refractivity contribution in [2.45, 2.75) is 33.4 Å². The molecule has 0 atom stereocenters. The number of nitrogens with one attached hydrogen (secondary N) is 1. The Kier molecular flexibility index (Phi) is 5.12. The summed E-state index contributed by atoms with van der Waals surface area (Å²) < 4.78 is 20.1. The smallest absolute Gasteiger partial charge is 0.226 e. The summed E-state index contributed by atoms with van der Waals surface area (Å²) in [5, 5.41) is 3.02. The maximum Gasteiger partial charge on any atom is 0.226 e. The van der Waals surface area contributed by atoms with E-state index in [0.717, 1.165) is 10.2 Å². The zero-order valence-corrected chi connectivity index (χ0v) is 13.7. The standard InChI is InChI=1S/C15H17BrFN3O/c1-9(2)21-14-6-10(3)19-15(20-14)18-8-11-7-12(16)4-5-13(11)17/h4-7,9H,8H2,1-3H3,(H,18,19,20). The molecule has 0 saturated carbocycles. The molecule has 112 valence electrons. The van der Waals surface area contributed by atoms with Gasteiger partial charge in [0.1, 0.15) is 5.82 Å². The van der Waals surface area contributed by atoms with Gasteiger partial charge < -0.3 is 10.1 Å². The van der Waals surface area contributed by atoms with Gasteiger partial charge in [-0.3, -0.25) is 0 Å². The Hall–Kier alpha value is -1.69. The number of hydrogen-bond donors (Lipinski definition) is 1. The molecule has 2 aromatic rings. The minimum absolute atomic E-state index is 0.0367. The van der Waals surface area contributed by atoms with Gasteiger partial charge in [-0.1, -0.05) is 15.9 Å². The quantitative estimate of drug-likeness (QED) is 0.879. The molecule has 0 aliphatic carbocycles. The number of halogens is 2. The molecule has 0 amide bonds. The van der Waals surface area contributed by atoms with E-state index in [9.17, 15) is 4.39 Å². The first-order valence-electron chi connectivity index (χ1n) is 6.64. The van der Waals surface area contributed by atoms with Crippen LogP contribution in [0.3, 0.4) is 0 Å². The highest BCUT2D eigenvalue weighted by Gasteiger charge is 2.07. The molecular formula is C15H17BrFN3O. The zero-order valence-electron chi connectivity index (χ0n) is 12.2. The summed E-state index contributed by atoms with van der Waals surface area (Å²) in [6.45, 7) is 6.03. The van der Waals surface area contributed by atoms with E-state index in [0.29, 0.717) is 23.9 Å². The van der Waals surface area contributed by atoms with Crippen LogP contribution in [0.25, 0.3) is 0 Å². The Morgan fingerprint density at radius 3 is 2.76 bits per heavy atom. The molecule has 2 rings (SSSR count). The van der Waals surface area contributed by atoms with Gasteiger partial charge in [0.05, 0.1) is 6.10 Å². The van der Waals surface area contributed by atoms with Gasteiger partial charge in [-0.05, 0) is 39.0 Å². The molecule has 1 heterocycles. The average molecular weight is 354 g/mol. The van der Waals surface area contributed by atoms with Crippen molar-refractivity contribution in [2.75, 3.05) is 5.32 Å². The number of benzene rings is 1. The van der Waals surface area contributed by atoms with E-state index >= 15 is 0 Å². The largest absolute Gasteiger partial charge is 0.475 e. The fraction of sp³-hybridized carbons (Fsp3) is 0.333. The molecule has 0 saturated heterocycles. The van der Waals surface area contributed by atoms with Gasteiger partial charge in [-0.2, -0.15) is 4.98 Å². The van der Waals surface area contributed by atoms with Crippen molar-refractivity contribution >= 4 is 21.9 Å². The lowest BCUT2D eigenvalue weighted by atomic mass is 10.2. The minimum atomic E-state index is -0.267. The maximum atomic E-state index is 13.7. The van der Waals surface area contributed by atoms with Crippen LogP contribution in [0.4, 0.5) is 10.3 Å². The van der Waals surface area contributed by atoms with Crippen molar-refractivity contribution in [1.82, 2.24) is 9.97 Å². The minimum Gasteiger partial charge on any atom is -0.475 e. The molecular weight excluding hydrogens is 337 g/mol. The summed E-state index contributed by atoms with van der Waals surface area (Å²) in [5.74, 6) is 0.664. The summed E-state index contributed by atoms with van der Waals surface area (Å²) >= 11 is 3.33. The van der Waals surface area contributed by atoms with Gasteiger partial charge in [-0.15, -0.1) is 0 Å². The van der Waals surface area contributed by atoms with Crippen LogP contribution in [0.2, 0.25) is 0 Å². The van der Waals surface area contributed by atoms with E-state index in [1.165, 1.54) is 6.07 Å². The highest BCUT2D eigenvalue weighted by molar-refractivity contribution is 9.10. The number of hydrogen-bond acceptors (Lipinski definition) is 4. The fourth-order valence-electron chi connectivity index (χ4n) is 1.77.